The van der Waals surface area contributed by atoms with Crippen LogP contribution in [0.25, 0.3) is 0 Å². The molecule has 0 atom stereocenters. The van der Waals surface area contributed by atoms with Gasteiger partial charge in [0.25, 0.3) is 0 Å². The fourth-order valence-electron chi connectivity index (χ4n) is 0.698. The fourth-order valence-corrected chi connectivity index (χ4v) is 1.44. The first-order valence-corrected chi connectivity index (χ1v) is 5.70. The highest BCUT2D eigenvalue weighted by atomic mass is 32.2. The number of allylic oxidation sites excluding steroid dienone is 4. The average Bonchev–Trinajstić information content (AvgIpc) is 2.02. The maximum Gasteiger partial charge on any atom is 0.175 e. The van der Waals surface area contributed by atoms with E-state index >= 15 is 0 Å². The molecule has 0 amide bonds. The van der Waals surface area contributed by atoms with Gasteiger partial charge in [-0.15, -0.1) is 0 Å². The highest BCUT2D eigenvalue weighted by Gasteiger charge is 2.05. The van der Waals surface area contributed by atoms with Crippen LogP contribution < -0.4 is 0 Å². The summed E-state index contributed by atoms with van der Waals surface area (Å²) in [6.45, 7) is 3.29. The van der Waals surface area contributed by atoms with Crippen molar-refractivity contribution in [3.05, 3.63) is 35.0 Å². The summed E-state index contributed by atoms with van der Waals surface area (Å²) in [5.41, 5.74) is 0. The lowest BCUT2D eigenvalue weighted by atomic mass is 10.4. The van der Waals surface area contributed by atoms with E-state index in [0.29, 0.717) is 0 Å². The van der Waals surface area contributed by atoms with Gasteiger partial charge in [0.1, 0.15) is 5.76 Å². The molecule has 0 heterocycles. The molecule has 0 saturated heterocycles. The number of sulfone groups is 1. The van der Waals surface area contributed by atoms with E-state index < -0.39 is 9.84 Å². The molecule has 0 saturated carbocycles. The number of hydrogen-bond acceptors (Lipinski definition) is 3. The number of hydrogen-bond donors (Lipinski definition) is 1. The van der Waals surface area contributed by atoms with Gasteiger partial charge < -0.3 is 5.11 Å². The summed E-state index contributed by atoms with van der Waals surface area (Å²) in [5, 5.41) is 9.02. The zero-order valence-corrected chi connectivity index (χ0v) is 8.80. The van der Waals surface area contributed by atoms with Gasteiger partial charge in [-0.05, 0) is 32.1 Å². The van der Waals surface area contributed by atoms with Crippen LogP contribution in [0.2, 0.25) is 0 Å². The molecule has 13 heavy (non-hydrogen) atoms. The molecule has 4 heteroatoms. The predicted molar refractivity (Wildman–Crippen MR) is 54.1 cm³/mol. The fraction of sp³-hybridized carbons (Fsp3) is 0.333. The van der Waals surface area contributed by atoms with Crippen molar-refractivity contribution in [3.8, 4) is 0 Å². The van der Waals surface area contributed by atoms with E-state index in [4.69, 9.17) is 5.11 Å². The zero-order valence-electron chi connectivity index (χ0n) is 7.98. The summed E-state index contributed by atoms with van der Waals surface area (Å²) in [6.07, 6.45) is 6.79. The highest BCUT2D eigenvalue weighted by Crippen LogP contribution is 2.07. The van der Waals surface area contributed by atoms with Crippen molar-refractivity contribution in [1.29, 1.82) is 0 Å². The quantitative estimate of drug-likeness (QED) is 0.562. The van der Waals surface area contributed by atoms with E-state index in [-0.39, 0.29) is 10.7 Å². The smallest absolute Gasteiger partial charge is 0.175 e. The molecule has 0 aromatic carbocycles. The van der Waals surface area contributed by atoms with Crippen molar-refractivity contribution in [1.82, 2.24) is 0 Å². The third-order valence-corrected chi connectivity index (χ3v) is 2.65. The Morgan fingerprint density at radius 2 is 1.69 bits per heavy atom. The van der Waals surface area contributed by atoms with Crippen LogP contribution in [0.5, 0.6) is 0 Å². The van der Waals surface area contributed by atoms with Crippen LogP contribution in [0.3, 0.4) is 0 Å². The second-order valence-corrected chi connectivity index (χ2v) is 4.53. The molecule has 0 aromatic heterocycles. The van der Waals surface area contributed by atoms with E-state index in [0.717, 1.165) is 6.26 Å². The Hall–Kier alpha value is -1.03. The van der Waals surface area contributed by atoms with Crippen LogP contribution in [0.4, 0.5) is 0 Å². The molecule has 0 rings (SSSR count). The van der Waals surface area contributed by atoms with E-state index in [1.807, 2.05) is 0 Å². The average molecular weight is 202 g/mol. The van der Waals surface area contributed by atoms with Crippen LogP contribution >= 0.6 is 0 Å². The lowest BCUT2D eigenvalue weighted by Crippen LogP contribution is -1.97. The van der Waals surface area contributed by atoms with Crippen LogP contribution in [-0.2, 0) is 9.84 Å². The van der Waals surface area contributed by atoms with Gasteiger partial charge in [-0.1, -0.05) is 6.08 Å². The Kier molecular flexibility index (Phi) is 4.48. The molecule has 0 aliphatic heterocycles. The lowest BCUT2D eigenvalue weighted by molar-refractivity contribution is 0.431. The van der Waals surface area contributed by atoms with Crippen LogP contribution in [0.1, 0.15) is 13.8 Å². The van der Waals surface area contributed by atoms with Crippen molar-refractivity contribution < 1.29 is 13.5 Å². The van der Waals surface area contributed by atoms with E-state index in [1.165, 1.54) is 24.3 Å². The Morgan fingerprint density at radius 3 is 2.00 bits per heavy atom. The van der Waals surface area contributed by atoms with Crippen LogP contribution in [0, 0.1) is 0 Å². The van der Waals surface area contributed by atoms with Gasteiger partial charge in [-0.2, -0.15) is 0 Å². The van der Waals surface area contributed by atoms with Crippen LogP contribution in [-0.4, -0.2) is 19.8 Å². The number of aliphatic hydroxyl groups is 1. The first-order chi connectivity index (χ1) is 5.91. The van der Waals surface area contributed by atoms with Gasteiger partial charge in [0.05, 0.1) is 4.91 Å². The first-order valence-electron chi connectivity index (χ1n) is 3.81. The minimum absolute atomic E-state index is 0.0444. The van der Waals surface area contributed by atoms with Crippen molar-refractivity contribution >= 4 is 9.84 Å². The Morgan fingerprint density at radius 1 is 1.15 bits per heavy atom. The second kappa shape index (κ2) is 4.87. The number of aliphatic hydroxyl groups excluding tert-OH is 1. The maximum absolute atomic E-state index is 11.0. The van der Waals surface area contributed by atoms with E-state index in [9.17, 15) is 8.42 Å². The Bertz CT molecular complexity index is 345. The molecule has 0 spiro atoms. The largest absolute Gasteiger partial charge is 0.508 e. The minimum atomic E-state index is -3.18. The van der Waals surface area contributed by atoms with Gasteiger partial charge in [-0.3, -0.25) is 0 Å². The molecule has 0 bridgehead atoms. The normalized spacial score (nSPS) is 15.3. The lowest BCUT2D eigenvalue weighted by Gasteiger charge is -1.96. The van der Waals surface area contributed by atoms with Gasteiger partial charge in [0.15, 0.2) is 9.84 Å². The second-order valence-electron chi connectivity index (χ2n) is 2.51. The zero-order chi connectivity index (χ0) is 10.5. The monoisotopic (exact) mass is 202 g/mol. The maximum atomic E-state index is 11.0. The van der Waals surface area contributed by atoms with Crippen molar-refractivity contribution in [3.63, 3.8) is 0 Å². The summed E-state index contributed by atoms with van der Waals surface area (Å²) in [5.74, 6) is 0.0444. The van der Waals surface area contributed by atoms with Gasteiger partial charge in [0.2, 0.25) is 0 Å². The van der Waals surface area contributed by atoms with Crippen molar-refractivity contribution in [2.75, 3.05) is 6.26 Å². The minimum Gasteiger partial charge on any atom is -0.508 e. The van der Waals surface area contributed by atoms with Gasteiger partial charge >= 0.3 is 0 Å². The molecule has 0 radical (unpaired) electrons. The molecule has 0 aromatic rings. The molecular weight excluding hydrogens is 188 g/mol. The SMILES string of the molecule is C\C=C(O)/C=C\C(=C/C)S(C)(=O)=O. The molecule has 0 unspecified atom stereocenters. The molecule has 0 fully saturated rings. The van der Waals surface area contributed by atoms with Gasteiger partial charge in [0, 0.05) is 6.26 Å². The summed E-state index contributed by atoms with van der Waals surface area (Å²) in [7, 11) is -3.18. The summed E-state index contributed by atoms with van der Waals surface area (Å²) >= 11 is 0. The standard InChI is InChI=1S/C9H14O3S/c1-4-8(10)6-7-9(5-2)13(3,11)12/h4-7,10H,1-3H3/b7-6-,8-4+,9-5+. The van der Waals surface area contributed by atoms with Crippen molar-refractivity contribution in [2.45, 2.75) is 13.8 Å². The summed E-state index contributed by atoms with van der Waals surface area (Å²) in [6, 6.07) is 0. The molecule has 1 N–H and O–H groups in total. The Labute approximate surface area is 79.0 Å². The highest BCUT2D eigenvalue weighted by molar-refractivity contribution is 7.94. The first kappa shape index (κ1) is 12.0. The third-order valence-electron chi connectivity index (χ3n) is 1.43. The predicted octanol–water partition coefficient (Wildman–Crippen LogP) is 1.95. The van der Waals surface area contributed by atoms with E-state index in [2.05, 4.69) is 0 Å². The molecule has 3 nitrogen and oxygen atoms in total. The molecule has 74 valence electrons. The van der Waals surface area contributed by atoms with Crippen molar-refractivity contribution in [2.24, 2.45) is 0 Å². The van der Waals surface area contributed by atoms with Crippen LogP contribution in [0.15, 0.2) is 35.0 Å². The van der Waals surface area contributed by atoms with E-state index in [1.54, 1.807) is 13.8 Å². The Balaban J connectivity index is 4.81. The molecule has 0 aliphatic rings. The molecular formula is C9H14O3S. The summed E-state index contributed by atoms with van der Waals surface area (Å²) in [4.78, 5) is 0.195. The van der Waals surface area contributed by atoms with Gasteiger partial charge in [-0.25, -0.2) is 8.42 Å². The topological polar surface area (TPSA) is 54.4 Å². The number of rotatable bonds is 3. The molecule has 0 aliphatic carbocycles. The third kappa shape index (κ3) is 4.52. The summed E-state index contributed by atoms with van der Waals surface area (Å²) < 4.78 is 22.1.